The van der Waals surface area contributed by atoms with Crippen molar-refractivity contribution < 1.29 is 0 Å². The summed E-state index contributed by atoms with van der Waals surface area (Å²) >= 11 is 0. The largest absolute Gasteiger partial charge is 0.310 e. The lowest BCUT2D eigenvalue weighted by atomic mass is 9.88. The molecule has 0 aromatic heterocycles. The lowest BCUT2D eigenvalue weighted by Gasteiger charge is -2.27. The molecule has 1 atom stereocenters. The molecule has 0 saturated carbocycles. The quantitative estimate of drug-likeness (QED) is 0.852. The molecule has 1 heteroatoms. The molecular weight excluding hydrogens is 254 g/mol. The second kappa shape index (κ2) is 6.44. The van der Waals surface area contributed by atoms with E-state index >= 15 is 0 Å². The lowest BCUT2D eigenvalue weighted by Crippen LogP contribution is -2.30. The van der Waals surface area contributed by atoms with Crippen molar-refractivity contribution in [2.45, 2.75) is 39.2 Å². The van der Waals surface area contributed by atoms with Gasteiger partial charge in [-0.3, -0.25) is 0 Å². The van der Waals surface area contributed by atoms with E-state index in [2.05, 4.69) is 67.7 Å². The van der Waals surface area contributed by atoms with Crippen LogP contribution in [0.4, 0.5) is 0 Å². The third-order valence-corrected chi connectivity index (χ3v) is 4.69. The number of rotatable bonds is 5. The number of hydrogen-bond acceptors (Lipinski definition) is 1. The summed E-state index contributed by atoms with van der Waals surface area (Å²) in [5.41, 5.74) is 5.96. The summed E-state index contributed by atoms with van der Waals surface area (Å²) in [5.74, 6) is 0.676. The SMILES string of the molecule is CCCNC(c1ccccc1C)C1Cc2ccccc2C1. The molecule has 110 valence electrons. The number of aryl methyl sites for hydroxylation is 1. The second-order valence-corrected chi connectivity index (χ2v) is 6.23. The van der Waals surface area contributed by atoms with Crippen LogP contribution in [0.5, 0.6) is 0 Å². The molecule has 0 bridgehead atoms. The molecule has 1 aliphatic rings. The standard InChI is InChI=1S/C20H25N/c1-3-12-21-20(19-11-7-4-8-15(19)2)18-13-16-9-5-6-10-17(16)14-18/h4-11,18,20-21H,3,12-14H2,1-2H3. The first-order chi connectivity index (χ1) is 10.3. The summed E-state index contributed by atoms with van der Waals surface area (Å²) < 4.78 is 0. The van der Waals surface area contributed by atoms with Crippen molar-refractivity contribution in [1.82, 2.24) is 5.32 Å². The van der Waals surface area contributed by atoms with Gasteiger partial charge in [-0.25, -0.2) is 0 Å². The fraction of sp³-hybridized carbons (Fsp3) is 0.400. The monoisotopic (exact) mass is 279 g/mol. The summed E-state index contributed by atoms with van der Waals surface area (Å²) in [4.78, 5) is 0. The normalized spacial score (nSPS) is 15.9. The van der Waals surface area contributed by atoms with E-state index < -0.39 is 0 Å². The van der Waals surface area contributed by atoms with E-state index in [1.165, 1.54) is 30.4 Å². The van der Waals surface area contributed by atoms with E-state index in [-0.39, 0.29) is 0 Å². The van der Waals surface area contributed by atoms with Gasteiger partial charge in [-0.2, -0.15) is 0 Å². The molecule has 1 N–H and O–H groups in total. The fourth-order valence-electron chi connectivity index (χ4n) is 3.59. The third kappa shape index (κ3) is 3.03. The minimum atomic E-state index is 0.471. The lowest BCUT2D eigenvalue weighted by molar-refractivity contribution is 0.373. The Morgan fingerprint density at radius 1 is 1.00 bits per heavy atom. The minimum absolute atomic E-state index is 0.471. The number of fused-ring (bicyclic) bond motifs is 1. The van der Waals surface area contributed by atoms with Crippen molar-refractivity contribution >= 4 is 0 Å². The van der Waals surface area contributed by atoms with Gasteiger partial charge in [0.2, 0.25) is 0 Å². The van der Waals surface area contributed by atoms with Crippen LogP contribution in [0.3, 0.4) is 0 Å². The molecule has 1 unspecified atom stereocenters. The average molecular weight is 279 g/mol. The molecule has 0 saturated heterocycles. The Hall–Kier alpha value is -1.60. The van der Waals surface area contributed by atoms with Gasteiger partial charge >= 0.3 is 0 Å². The van der Waals surface area contributed by atoms with Crippen molar-refractivity contribution in [2.75, 3.05) is 6.54 Å². The Morgan fingerprint density at radius 3 is 2.24 bits per heavy atom. The maximum absolute atomic E-state index is 3.80. The molecule has 0 amide bonds. The van der Waals surface area contributed by atoms with E-state index in [4.69, 9.17) is 0 Å². The highest BCUT2D eigenvalue weighted by Gasteiger charge is 2.29. The number of nitrogens with one attached hydrogen (secondary N) is 1. The highest BCUT2D eigenvalue weighted by atomic mass is 14.9. The minimum Gasteiger partial charge on any atom is -0.310 e. The first-order valence-corrected chi connectivity index (χ1v) is 8.15. The molecular formula is C20H25N. The van der Waals surface area contributed by atoms with Gasteiger partial charge in [0.15, 0.2) is 0 Å². The molecule has 3 rings (SSSR count). The van der Waals surface area contributed by atoms with Gasteiger partial charge in [0.1, 0.15) is 0 Å². The number of benzene rings is 2. The average Bonchev–Trinajstić information content (AvgIpc) is 2.93. The van der Waals surface area contributed by atoms with Crippen molar-refractivity contribution in [2.24, 2.45) is 5.92 Å². The Morgan fingerprint density at radius 2 is 1.62 bits per heavy atom. The van der Waals surface area contributed by atoms with Gasteiger partial charge in [0.05, 0.1) is 0 Å². The molecule has 0 aliphatic heterocycles. The summed E-state index contributed by atoms with van der Waals surface area (Å²) in [5, 5.41) is 3.80. The first-order valence-electron chi connectivity index (χ1n) is 8.15. The molecule has 21 heavy (non-hydrogen) atoms. The highest BCUT2D eigenvalue weighted by molar-refractivity contribution is 5.36. The van der Waals surface area contributed by atoms with Crippen molar-refractivity contribution in [3.8, 4) is 0 Å². The zero-order valence-corrected chi connectivity index (χ0v) is 13.1. The predicted octanol–water partition coefficient (Wildman–Crippen LogP) is 4.45. The van der Waals surface area contributed by atoms with E-state index in [0.29, 0.717) is 12.0 Å². The van der Waals surface area contributed by atoms with Gasteiger partial charge < -0.3 is 5.32 Å². The summed E-state index contributed by atoms with van der Waals surface area (Å²) in [7, 11) is 0. The third-order valence-electron chi connectivity index (χ3n) is 4.69. The van der Waals surface area contributed by atoms with Crippen molar-refractivity contribution in [3.05, 3.63) is 70.8 Å². The maximum atomic E-state index is 3.80. The van der Waals surface area contributed by atoms with Gasteiger partial charge in [0, 0.05) is 6.04 Å². The van der Waals surface area contributed by atoms with Crippen LogP contribution in [-0.4, -0.2) is 6.54 Å². The Bertz CT molecular complexity index is 577. The second-order valence-electron chi connectivity index (χ2n) is 6.23. The molecule has 1 aliphatic carbocycles. The van der Waals surface area contributed by atoms with E-state index in [0.717, 1.165) is 6.54 Å². The van der Waals surface area contributed by atoms with Crippen LogP contribution in [-0.2, 0) is 12.8 Å². The van der Waals surface area contributed by atoms with E-state index in [1.807, 2.05) is 0 Å². The van der Waals surface area contributed by atoms with Crippen molar-refractivity contribution in [3.63, 3.8) is 0 Å². The molecule has 2 aromatic carbocycles. The van der Waals surface area contributed by atoms with Crippen LogP contribution in [0.1, 0.15) is 41.6 Å². The zero-order chi connectivity index (χ0) is 14.7. The van der Waals surface area contributed by atoms with Crippen LogP contribution in [0.15, 0.2) is 48.5 Å². The highest BCUT2D eigenvalue weighted by Crippen LogP contribution is 2.36. The van der Waals surface area contributed by atoms with Crippen LogP contribution < -0.4 is 5.32 Å². The topological polar surface area (TPSA) is 12.0 Å². The van der Waals surface area contributed by atoms with Gasteiger partial charge in [-0.15, -0.1) is 0 Å². The number of hydrogen-bond donors (Lipinski definition) is 1. The molecule has 1 nitrogen and oxygen atoms in total. The Kier molecular flexibility index (Phi) is 4.40. The molecule has 2 aromatic rings. The summed E-state index contributed by atoms with van der Waals surface area (Å²) in [6, 6.07) is 18.2. The van der Waals surface area contributed by atoms with E-state index in [1.54, 1.807) is 11.1 Å². The molecule has 0 heterocycles. The van der Waals surface area contributed by atoms with E-state index in [9.17, 15) is 0 Å². The van der Waals surface area contributed by atoms with Crippen LogP contribution in [0.2, 0.25) is 0 Å². The van der Waals surface area contributed by atoms with Gasteiger partial charge in [0.25, 0.3) is 0 Å². The predicted molar refractivity (Wildman–Crippen MR) is 89.6 cm³/mol. The van der Waals surface area contributed by atoms with Crippen LogP contribution in [0, 0.1) is 12.8 Å². The molecule has 0 fully saturated rings. The zero-order valence-electron chi connectivity index (χ0n) is 13.1. The molecule has 0 radical (unpaired) electrons. The Labute approximate surface area is 128 Å². The fourth-order valence-corrected chi connectivity index (χ4v) is 3.59. The smallest absolute Gasteiger partial charge is 0.0357 e. The van der Waals surface area contributed by atoms with Crippen molar-refractivity contribution in [1.29, 1.82) is 0 Å². The van der Waals surface area contributed by atoms with Gasteiger partial charge in [-0.1, -0.05) is 55.5 Å². The molecule has 0 spiro atoms. The first kappa shape index (κ1) is 14.3. The summed E-state index contributed by atoms with van der Waals surface area (Å²) in [6.45, 7) is 5.56. The van der Waals surface area contributed by atoms with Crippen LogP contribution >= 0.6 is 0 Å². The van der Waals surface area contributed by atoms with Gasteiger partial charge in [-0.05, 0) is 60.9 Å². The summed E-state index contributed by atoms with van der Waals surface area (Å²) in [6.07, 6.45) is 3.58. The maximum Gasteiger partial charge on any atom is 0.0357 e. The van der Waals surface area contributed by atoms with Crippen LogP contribution in [0.25, 0.3) is 0 Å². The Balaban J connectivity index is 1.86.